The Morgan fingerprint density at radius 3 is 2.75 bits per heavy atom. The number of aliphatic carboxylic acids is 1. The van der Waals surface area contributed by atoms with E-state index in [1.807, 2.05) is 4.90 Å². The van der Waals surface area contributed by atoms with Crippen LogP contribution in [0.3, 0.4) is 0 Å². The van der Waals surface area contributed by atoms with Crippen LogP contribution in [-0.2, 0) is 9.53 Å². The number of rotatable bonds is 2. The van der Waals surface area contributed by atoms with E-state index in [1.165, 1.54) is 12.8 Å². The van der Waals surface area contributed by atoms with Gasteiger partial charge in [-0.1, -0.05) is 19.8 Å². The fourth-order valence-electron chi connectivity index (χ4n) is 3.01. The third kappa shape index (κ3) is 3.42. The van der Waals surface area contributed by atoms with Crippen LogP contribution in [0.15, 0.2) is 0 Å². The highest BCUT2D eigenvalue weighted by Crippen LogP contribution is 2.21. The third-order valence-corrected chi connectivity index (χ3v) is 4.21. The molecular formula is C14H24N2O4. The minimum atomic E-state index is -0.995. The Balaban J connectivity index is 2.02. The van der Waals surface area contributed by atoms with Crippen LogP contribution < -0.4 is 0 Å². The first kappa shape index (κ1) is 15.1. The second-order valence-corrected chi connectivity index (χ2v) is 5.53. The summed E-state index contributed by atoms with van der Waals surface area (Å²) in [5.41, 5.74) is 0. The molecule has 2 amide bonds. The SMILES string of the molecule is CCC1CCCCCN1C(=O)N1CCOC(C(=O)O)C1. The van der Waals surface area contributed by atoms with Crippen molar-refractivity contribution in [1.29, 1.82) is 0 Å². The number of likely N-dealkylation sites (tertiary alicyclic amines) is 1. The third-order valence-electron chi connectivity index (χ3n) is 4.21. The predicted molar refractivity (Wildman–Crippen MR) is 73.6 cm³/mol. The van der Waals surface area contributed by atoms with E-state index in [4.69, 9.17) is 9.84 Å². The molecule has 0 bridgehead atoms. The highest BCUT2D eigenvalue weighted by atomic mass is 16.5. The highest BCUT2D eigenvalue weighted by Gasteiger charge is 2.33. The van der Waals surface area contributed by atoms with Gasteiger partial charge in [0.2, 0.25) is 0 Å². The summed E-state index contributed by atoms with van der Waals surface area (Å²) in [6, 6.07) is 0.268. The zero-order chi connectivity index (χ0) is 14.5. The summed E-state index contributed by atoms with van der Waals surface area (Å²) in [6.45, 7) is 3.83. The first-order valence-electron chi connectivity index (χ1n) is 7.53. The van der Waals surface area contributed by atoms with Crippen molar-refractivity contribution in [1.82, 2.24) is 9.80 Å². The van der Waals surface area contributed by atoms with Gasteiger partial charge in [-0.2, -0.15) is 0 Å². The largest absolute Gasteiger partial charge is 0.479 e. The Bertz CT molecular complexity index is 361. The maximum absolute atomic E-state index is 12.6. The number of carboxylic acids is 1. The van der Waals surface area contributed by atoms with E-state index in [9.17, 15) is 9.59 Å². The van der Waals surface area contributed by atoms with Crippen LogP contribution >= 0.6 is 0 Å². The monoisotopic (exact) mass is 284 g/mol. The molecule has 2 saturated heterocycles. The number of carboxylic acid groups (broad SMARTS) is 1. The van der Waals surface area contributed by atoms with Gasteiger partial charge in [0.25, 0.3) is 0 Å². The number of morpholine rings is 1. The molecule has 6 heteroatoms. The fourth-order valence-corrected chi connectivity index (χ4v) is 3.01. The van der Waals surface area contributed by atoms with Crippen LogP contribution in [0, 0.1) is 0 Å². The number of ether oxygens (including phenoxy) is 1. The molecule has 2 aliphatic heterocycles. The number of nitrogens with zero attached hydrogens (tertiary/aromatic N) is 2. The molecule has 2 fully saturated rings. The molecule has 0 aromatic rings. The van der Waals surface area contributed by atoms with Crippen LogP contribution in [0.1, 0.15) is 39.0 Å². The summed E-state index contributed by atoms with van der Waals surface area (Å²) in [4.78, 5) is 27.2. The van der Waals surface area contributed by atoms with Gasteiger partial charge in [-0.3, -0.25) is 0 Å². The molecule has 2 rings (SSSR count). The van der Waals surface area contributed by atoms with Gasteiger partial charge in [-0.15, -0.1) is 0 Å². The Morgan fingerprint density at radius 1 is 1.25 bits per heavy atom. The molecule has 0 radical (unpaired) electrons. The number of hydrogen-bond acceptors (Lipinski definition) is 3. The van der Waals surface area contributed by atoms with Crippen molar-refractivity contribution >= 4 is 12.0 Å². The first-order valence-corrected chi connectivity index (χ1v) is 7.53. The van der Waals surface area contributed by atoms with Crippen molar-refractivity contribution < 1.29 is 19.4 Å². The van der Waals surface area contributed by atoms with E-state index in [0.29, 0.717) is 13.2 Å². The van der Waals surface area contributed by atoms with Crippen molar-refractivity contribution in [2.24, 2.45) is 0 Å². The Hall–Kier alpha value is -1.30. The molecule has 0 aromatic carbocycles. The smallest absolute Gasteiger partial charge is 0.334 e. The van der Waals surface area contributed by atoms with Crippen molar-refractivity contribution in [2.45, 2.75) is 51.2 Å². The minimum absolute atomic E-state index is 0.0201. The van der Waals surface area contributed by atoms with Crippen molar-refractivity contribution in [3.8, 4) is 0 Å². The van der Waals surface area contributed by atoms with E-state index in [0.717, 1.165) is 25.8 Å². The van der Waals surface area contributed by atoms with Crippen LogP contribution in [0.2, 0.25) is 0 Å². The Labute approximate surface area is 119 Å². The van der Waals surface area contributed by atoms with Crippen molar-refractivity contribution in [2.75, 3.05) is 26.2 Å². The number of amides is 2. The number of carbonyl (C=O) groups excluding carboxylic acids is 1. The van der Waals surface area contributed by atoms with Gasteiger partial charge in [0.1, 0.15) is 0 Å². The molecule has 2 unspecified atom stereocenters. The summed E-state index contributed by atoms with van der Waals surface area (Å²) in [5, 5.41) is 9.01. The second-order valence-electron chi connectivity index (χ2n) is 5.53. The average molecular weight is 284 g/mol. The maximum atomic E-state index is 12.6. The minimum Gasteiger partial charge on any atom is -0.479 e. The highest BCUT2D eigenvalue weighted by molar-refractivity contribution is 5.77. The zero-order valence-corrected chi connectivity index (χ0v) is 12.1. The molecule has 0 spiro atoms. The lowest BCUT2D eigenvalue weighted by molar-refractivity contribution is -0.154. The van der Waals surface area contributed by atoms with E-state index in [-0.39, 0.29) is 18.6 Å². The van der Waals surface area contributed by atoms with Gasteiger partial charge in [-0.25, -0.2) is 9.59 Å². The molecule has 1 N–H and O–H groups in total. The van der Waals surface area contributed by atoms with Gasteiger partial charge in [0.05, 0.1) is 13.2 Å². The van der Waals surface area contributed by atoms with Gasteiger partial charge < -0.3 is 19.6 Å². The predicted octanol–water partition coefficient (Wildman–Crippen LogP) is 1.55. The molecule has 6 nitrogen and oxygen atoms in total. The molecule has 20 heavy (non-hydrogen) atoms. The molecular weight excluding hydrogens is 260 g/mol. The molecule has 0 aromatic heterocycles. The summed E-state index contributed by atoms with van der Waals surface area (Å²) < 4.78 is 5.17. The van der Waals surface area contributed by atoms with Crippen LogP contribution in [0.4, 0.5) is 4.79 Å². The number of hydrogen-bond donors (Lipinski definition) is 1. The molecule has 0 aliphatic carbocycles. The van der Waals surface area contributed by atoms with Gasteiger partial charge in [0.15, 0.2) is 6.10 Å². The van der Waals surface area contributed by atoms with Gasteiger partial charge in [-0.05, 0) is 19.3 Å². The molecule has 2 atom stereocenters. The van der Waals surface area contributed by atoms with E-state index in [1.54, 1.807) is 4.90 Å². The summed E-state index contributed by atoms with van der Waals surface area (Å²) in [7, 11) is 0. The standard InChI is InChI=1S/C14H24N2O4/c1-2-11-6-4-3-5-7-16(11)14(19)15-8-9-20-12(10-15)13(17)18/h11-12H,2-10H2,1H3,(H,17,18). The molecule has 0 saturated carbocycles. The molecule has 2 aliphatic rings. The number of urea groups is 1. The van der Waals surface area contributed by atoms with Gasteiger partial charge in [0, 0.05) is 19.1 Å². The first-order chi connectivity index (χ1) is 9.63. The van der Waals surface area contributed by atoms with Crippen LogP contribution in [0.5, 0.6) is 0 Å². The van der Waals surface area contributed by atoms with Crippen LogP contribution in [-0.4, -0.2) is 65.3 Å². The van der Waals surface area contributed by atoms with Gasteiger partial charge >= 0.3 is 12.0 Å². The molecule has 2 heterocycles. The summed E-state index contributed by atoms with van der Waals surface area (Å²) in [6.07, 6.45) is 4.49. The number of carbonyl (C=O) groups is 2. The summed E-state index contributed by atoms with van der Waals surface area (Å²) in [5.74, 6) is -0.995. The lowest BCUT2D eigenvalue weighted by atomic mass is 10.1. The normalized spacial score (nSPS) is 28.1. The topological polar surface area (TPSA) is 70.1 Å². The van der Waals surface area contributed by atoms with Crippen LogP contribution in [0.25, 0.3) is 0 Å². The fraction of sp³-hybridized carbons (Fsp3) is 0.857. The second kappa shape index (κ2) is 6.92. The zero-order valence-electron chi connectivity index (χ0n) is 12.1. The van der Waals surface area contributed by atoms with Crippen molar-refractivity contribution in [3.05, 3.63) is 0 Å². The lowest BCUT2D eigenvalue weighted by Crippen LogP contribution is -2.54. The Morgan fingerprint density at radius 2 is 2.05 bits per heavy atom. The lowest BCUT2D eigenvalue weighted by Gasteiger charge is -2.37. The Kier molecular flexibility index (Phi) is 5.23. The van der Waals surface area contributed by atoms with Crippen molar-refractivity contribution in [3.63, 3.8) is 0 Å². The average Bonchev–Trinajstić information content (AvgIpc) is 2.71. The summed E-state index contributed by atoms with van der Waals surface area (Å²) >= 11 is 0. The van der Waals surface area contributed by atoms with E-state index >= 15 is 0 Å². The van der Waals surface area contributed by atoms with E-state index in [2.05, 4.69) is 6.92 Å². The maximum Gasteiger partial charge on any atom is 0.334 e. The molecule has 114 valence electrons. The van der Waals surface area contributed by atoms with E-state index < -0.39 is 12.1 Å². The quantitative estimate of drug-likeness (QED) is 0.835.